The van der Waals surface area contributed by atoms with Gasteiger partial charge in [0.2, 0.25) is 0 Å². The number of carbonyl (C=O) groups excluding carboxylic acids is 3. The lowest BCUT2D eigenvalue weighted by Crippen LogP contribution is -2.44. The summed E-state index contributed by atoms with van der Waals surface area (Å²) in [5.41, 5.74) is 0.513. The van der Waals surface area contributed by atoms with Gasteiger partial charge in [-0.2, -0.15) is 0 Å². The molecular formula is C19H19FN2O5. The Hall–Kier alpha value is -3.42. The first-order valence-corrected chi connectivity index (χ1v) is 8.08. The summed E-state index contributed by atoms with van der Waals surface area (Å²) < 4.78 is 23.6. The zero-order valence-corrected chi connectivity index (χ0v) is 14.8. The van der Waals surface area contributed by atoms with Crippen LogP contribution in [0.25, 0.3) is 0 Å². The van der Waals surface area contributed by atoms with Crippen molar-refractivity contribution in [3.63, 3.8) is 0 Å². The van der Waals surface area contributed by atoms with Gasteiger partial charge < -0.3 is 14.8 Å². The molecule has 2 rings (SSSR count). The third kappa shape index (κ3) is 5.81. The summed E-state index contributed by atoms with van der Waals surface area (Å²) in [6.07, 6.45) is -1.29. The molecular weight excluding hydrogens is 355 g/mol. The molecule has 0 aliphatic heterocycles. The minimum Gasteiger partial charge on any atom is -0.497 e. The first-order chi connectivity index (χ1) is 12.9. The lowest BCUT2D eigenvalue weighted by atomic mass is 10.2. The van der Waals surface area contributed by atoms with Crippen molar-refractivity contribution < 1.29 is 28.2 Å². The van der Waals surface area contributed by atoms with Gasteiger partial charge in [-0.1, -0.05) is 30.3 Å². The van der Waals surface area contributed by atoms with Gasteiger partial charge in [0.1, 0.15) is 11.6 Å². The molecule has 0 fully saturated rings. The van der Waals surface area contributed by atoms with Gasteiger partial charge >= 0.3 is 12.0 Å². The van der Waals surface area contributed by atoms with E-state index in [2.05, 4.69) is 10.6 Å². The van der Waals surface area contributed by atoms with Crippen LogP contribution in [0, 0.1) is 5.82 Å². The van der Waals surface area contributed by atoms with Gasteiger partial charge in [-0.25, -0.2) is 14.0 Å². The maximum absolute atomic E-state index is 13.9. The number of nitrogens with one attached hydrogen (secondary N) is 2. The summed E-state index contributed by atoms with van der Waals surface area (Å²) in [5, 5.41) is 4.57. The standard InChI is InChI=1S/C19H19FN2O5/c1-12(27-18(24)15-9-8-14(26-2)10-16(15)20)17(23)22-19(25)21-11-13-6-4-3-5-7-13/h3-10,12H,11H2,1-2H3,(H2,21,22,23,25). The molecule has 27 heavy (non-hydrogen) atoms. The molecule has 8 heteroatoms. The predicted molar refractivity (Wildman–Crippen MR) is 94.6 cm³/mol. The SMILES string of the molecule is COc1ccc(C(=O)OC(C)C(=O)NC(=O)NCc2ccccc2)c(F)c1. The number of hydrogen-bond acceptors (Lipinski definition) is 5. The third-order valence-corrected chi connectivity index (χ3v) is 3.58. The molecule has 0 aromatic heterocycles. The highest BCUT2D eigenvalue weighted by Gasteiger charge is 2.22. The molecule has 7 nitrogen and oxygen atoms in total. The largest absolute Gasteiger partial charge is 0.497 e. The molecule has 0 spiro atoms. The van der Waals surface area contributed by atoms with Crippen LogP contribution in [-0.4, -0.2) is 31.1 Å². The normalized spacial score (nSPS) is 11.2. The number of amides is 3. The molecule has 0 aliphatic rings. The van der Waals surface area contributed by atoms with E-state index in [9.17, 15) is 18.8 Å². The zero-order valence-electron chi connectivity index (χ0n) is 14.8. The van der Waals surface area contributed by atoms with Gasteiger partial charge in [-0.05, 0) is 24.6 Å². The highest BCUT2D eigenvalue weighted by molar-refractivity contribution is 5.98. The molecule has 0 radical (unpaired) electrons. The van der Waals surface area contributed by atoms with E-state index in [-0.39, 0.29) is 17.9 Å². The van der Waals surface area contributed by atoms with Gasteiger partial charge in [-0.3, -0.25) is 10.1 Å². The minimum absolute atomic E-state index is 0.227. The molecule has 2 N–H and O–H groups in total. The lowest BCUT2D eigenvalue weighted by molar-refractivity contribution is -0.127. The molecule has 0 aliphatic carbocycles. The number of hydrogen-bond donors (Lipinski definition) is 2. The topological polar surface area (TPSA) is 93.7 Å². The summed E-state index contributed by atoms with van der Waals surface area (Å²) in [4.78, 5) is 35.7. The number of urea groups is 1. The molecule has 142 valence electrons. The van der Waals surface area contributed by atoms with Crippen LogP contribution in [-0.2, 0) is 16.1 Å². The molecule has 3 amide bonds. The quantitative estimate of drug-likeness (QED) is 0.758. The Kier molecular flexibility index (Phi) is 6.87. The number of benzene rings is 2. The van der Waals surface area contributed by atoms with Gasteiger partial charge in [0.05, 0.1) is 12.7 Å². The molecule has 0 heterocycles. The van der Waals surface area contributed by atoms with Crippen molar-refractivity contribution in [3.8, 4) is 5.75 Å². The maximum Gasteiger partial charge on any atom is 0.341 e. The van der Waals surface area contributed by atoms with E-state index in [0.29, 0.717) is 0 Å². The monoisotopic (exact) mass is 374 g/mol. The smallest absolute Gasteiger partial charge is 0.341 e. The van der Waals surface area contributed by atoms with Crippen LogP contribution >= 0.6 is 0 Å². The van der Waals surface area contributed by atoms with Crippen molar-refractivity contribution in [2.45, 2.75) is 19.6 Å². The van der Waals surface area contributed by atoms with Gasteiger partial charge in [-0.15, -0.1) is 0 Å². The first kappa shape index (κ1) is 19.9. The van der Waals surface area contributed by atoms with Crippen molar-refractivity contribution in [1.29, 1.82) is 0 Å². The van der Waals surface area contributed by atoms with Crippen molar-refractivity contribution in [1.82, 2.24) is 10.6 Å². The summed E-state index contributed by atoms with van der Waals surface area (Å²) in [5.74, 6) is -2.46. The van der Waals surface area contributed by atoms with Gasteiger partial charge in [0.25, 0.3) is 5.91 Å². The number of methoxy groups -OCH3 is 1. The highest BCUT2D eigenvalue weighted by Crippen LogP contribution is 2.17. The van der Waals surface area contributed by atoms with E-state index in [0.717, 1.165) is 11.6 Å². The number of ether oxygens (including phenoxy) is 2. The van der Waals surface area contributed by atoms with Crippen LogP contribution in [0.15, 0.2) is 48.5 Å². The van der Waals surface area contributed by atoms with Crippen LogP contribution in [0.2, 0.25) is 0 Å². The third-order valence-electron chi connectivity index (χ3n) is 3.58. The summed E-state index contributed by atoms with van der Waals surface area (Å²) >= 11 is 0. The highest BCUT2D eigenvalue weighted by atomic mass is 19.1. The second-order valence-electron chi connectivity index (χ2n) is 5.55. The van der Waals surface area contributed by atoms with Gasteiger partial charge in [0, 0.05) is 12.6 Å². The van der Waals surface area contributed by atoms with E-state index < -0.39 is 29.8 Å². The van der Waals surface area contributed by atoms with E-state index >= 15 is 0 Å². The van der Waals surface area contributed by atoms with E-state index in [4.69, 9.17) is 9.47 Å². The van der Waals surface area contributed by atoms with Crippen LogP contribution in [0.1, 0.15) is 22.8 Å². The number of rotatable bonds is 6. The Morgan fingerprint density at radius 1 is 1.11 bits per heavy atom. The van der Waals surface area contributed by atoms with Crippen molar-refractivity contribution in [2.24, 2.45) is 0 Å². The fourth-order valence-electron chi connectivity index (χ4n) is 2.10. The molecule has 1 unspecified atom stereocenters. The Morgan fingerprint density at radius 2 is 1.81 bits per heavy atom. The molecule has 1 atom stereocenters. The van der Waals surface area contributed by atoms with Crippen molar-refractivity contribution in [3.05, 3.63) is 65.5 Å². The fraction of sp³-hybridized carbons (Fsp3) is 0.211. The Balaban J connectivity index is 1.85. The minimum atomic E-state index is -1.29. The molecule has 2 aromatic rings. The second kappa shape index (κ2) is 9.33. The second-order valence-corrected chi connectivity index (χ2v) is 5.55. The Bertz CT molecular complexity index is 826. The Morgan fingerprint density at radius 3 is 2.44 bits per heavy atom. The number of halogens is 1. The summed E-state index contributed by atoms with van der Waals surface area (Å²) in [6.45, 7) is 1.50. The number of carbonyl (C=O) groups is 3. The van der Waals surface area contributed by atoms with Crippen LogP contribution in [0.4, 0.5) is 9.18 Å². The number of imide groups is 1. The van der Waals surface area contributed by atoms with E-state index in [1.54, 1.807) is 0 Å². The van der Waals surface area contributed by atoms with Gasteiger partial charge in [0.15, 0.2) is 6.10 Å². The molecule has 2 aromatic carbocycles. The lowest BCUT2D eigenvalue weighted by Gasteiger charge is -2.14. The first-order valence-electron chi connectivity index (χ1n) is 8.08. The average molecular weight is 374 g/mol. The number of esters is 1. The van der Waals surface area contributed by atoms with Crippen LogP contribution in [0.5, 0.6) is 5.75 Å². The van der Waals surface area contributed by atoms with Crippen molar-refractivity contribution in [2.75, 3.05) is 7.11 Å². The molecule has 0 bridgehead atoms. The van der Waals surface area contributed by atoms with E-state index in [1.807, 2.05) is 30.3 Å². The van der Waals surface area contributed by atoms with E-state index in [1.165, 1.54) is 26.2 Å². The zero-order chi connectivity index (χ0) is 19.8. The fourth-order valence-corrected chi connectivity index (χ4v) is 2.10. The van der Waals surface area contributed by atoms with Crippen LogP contribution < -0.4 is 15.4 Å². The molecule has 0 saturated heterocycles. The van der Waals surface area contributed by atoms with Crippen LogP contribution in [0.3, 0.4) is 0 Å². The molecule has 0 saturated carbocycles. The Labute approximate surface area is 155 Å². The average Bonchev–Trinajstić information content (AvgIpc) is 2.66. The summed E-state index contributed by atoms with van der Waals surface area (Å²) in [7, 11) is 1.36. The van der Waals surface area contributed by atoms with Crippen molar-refractivity contribution >= 4 is 17.9 Å². The summed E-state index contributed by atoms with van der Waals surface area (Å²) in [6, 6.07) is 12.0. The maximum atomic E-state index is 13.9. The predicted octanol–water partition coefficient (Wildman–Crippen LogP) is 2.41.